The number of β-lactam (4-membered cyclic amide) rings is 1. The summed E-state index contributed by atoms with van der Waals surface area (Å²) in [6.45, 7) is 3.45. The molecule has 16 heteroatoms. The van der Waals surface area contributed by atoms with Gasteiger partial charge in [0.1, 0.15) is 17.5 Å². The van der Waals surface area contributed by atoms with Crippen LogP contribution in [0.5, 0.6) is 0 Å². The van der Waals surface area contributed by atoms with E-state index in [0.717, 1.165) is 0 Å². The number of nitrogens with zero attached hydrogens (tertiary/aromatic N) is 1. The monoisotopic (exact) mass is 570 g/mol. The van der Waals surface area contributed by atoms with Gasteiger partial charge in [-0.05, 0) is 19.4 Å². The Labute approximate surface area is 224 Å². The highest BCUT2D eigenvalue weighted by Gasteiger charge is 2.64. The Bertz CT molecular complexity index is 1170. The third-order valence-corrected chi connectivity index (χ3v) is 7.47. The molecule has 2 fully saturated rings. The van der Waals surface area contributed by atoms with Crippen LogP contribution >= 0.6 is 11.8 Å². The molecule has 15 nitrogen and oxygen atoms in total. The lowest BCUT2D eigenvalue weighted by molar-refractivity contribution is -0.170. The molecule has 0 aliphatic carbocycles. The van der Waals surface area contributed by atoms with Gasteiger partial charge < -0.3 is 40.9 Å². The maximum absolute atomic E-state index is 12.5. The van der Waals surface area contributed by atoms with Crippen molar-refractivity contribution in [3.05, 3.63) is 35.9 Å². The van der Waals surface area contributed by atoms with E-state index in [9.17, 15) is 43.8 Å². The zero-order valence-corrected chi connectivity index (χ0v) is 21.3. The lowest BCUT2D eigenvalue weighted by atomic mass is 9.94. The van der Waals surface area contributed by atoms with Crippen molar-refractivity contribution in [2.45, 2.75) is 60.4 Å². The second-order valence-electron chi connectivity index (χ2n) is 9.24. The number of carbonyl (C=O) groups is 7. The van der Waals surface area contributed by atoms with Gasteiger partial charge in [0.25, 0.3) is 0 Å². The maximum atomic E-state index is 12.5. The van der Waals surface area contributed by atoms with Gasteiger partial charge in [-0.25, -0.2) is 9.59 Å². The van der Waals surface area contributed by atoms with Crippen molar-refractivity contribution < 1.29 is 64.2 Å². The van der Waals surface area contributed by atoms with Crippen LogP contribution in [-0.2, 0) is 33.6 Å². The minimum Gasteiger partial charge on any atom is -0.481 e. The third-order valence-electron chi connectivity index (χ3n) is 5.90. The molecular weight excluding hydrogens is 544 g/mol. The summed E-state index contributed by atoms with van der Waals surface area (Å²) in [5.41, 5.74) is -2.43. The number of carboxylic acids is 5. The van der Waals surface area contributed by atoms with Crippen LogP contribution in [0.1, 0.15) is 38.2 Å². The van der Waals surface area contributed by atoms with Crippen molar-refractivity contribution in [1.29, 1.82) is 0 Å². The highest BCUT2D eigenvalue weighted by atomic mass is 32.2. The van der Waals surface area contributed by atoms with Gasteiger partial charge in [-0.2, -0.15) is 0 Å². The number of nitrogens with one attached hydrogen (secondary N) is 1. The number of rotatable bonds is 10. The van der Waals surface area contributed by atoms with Crippen molar-refractivity contribution in [2.75, 3.05) is 0 Å². The van der Waals surface area contributed by atoms with E-state index in [1.165, 1.54) is 28.8 Å². The first-order chi connectivity index (χ1) is 17.9. The molecule has 212 valence electrons. The lowest BCUT2D eigenvalue weighted by Gasteiger charge is -2.43. The number of carboxylic acid groups (broad SMARTS) is 5. The van der Waals surface area contributed by atoms with Crippen molar-refractivity contribution in [2.24, 2.45) is 0 Å². The first kappa shape index (κ1) is 31.0. The van der Waals surface area contributed by atoms with E-state index in [4.69, 9.17) is 20.4 Å². The number of hydrogen-bond acceptors (Lipinski definition) is 9. The van der Waals surface area contributed by atoms with Gasteiger partial charge in [0, 0.05) is 4.75 Å². The lowest BCUT2D eigenvalue weighted by Crippen LogP contribution is -2.71. The number of benzene rings is 1. The maximum Gasteiger partial charge on any atom is 0.336 e. The number of amides is 2. The number of aliphatic carboxylic acids is 5. The van der Waals surface area contributed by atoms with Crippen LogP contribution in [0.15, 0.2) is 30.3 Å². The van der Waals surface area contributed by atoms with Crippen molar-refractivity contribution in [1.82, 2.24) is 10.2 Å². The van der Waals surface area contributed by atoms with Crippen LogP contribution < -0.4 is 5.32 Å². The molecule has 0 radical (unpaired) electrons. The molecule has 0 spiro atoms. The van der Waals surface area contributed by atoms with E-state index in [-0.39, 0.29) is 0 Å². The number of carbonyl (C=O) groups excluding carboxylic acids is 2. The van der Waals surface area contributed by atoms with E-state index in [2.05, 4.69) is 5.32 Å². The van der Waals surface area contributed by atoms with E-state index in [1.54, 1.807) is 32.0 Å². The van der Waals surface area contributed by atoms with E-state index in [1.807, 2.05) is 0 Å². The van der Waals surface area contributed by atoms with Crippen molar-refractivity contribution >= 4 is 53.4 Å². The molecule has 0 saturated carbocycles. The molecule has 4 atom stereocenters. The number of aliphatic hydroxyl groups is 1. The van der Waals surface area contributed by atoms with Crippen LogP contribution in [-0.4, -0.2) is 105 Å². The average Bonchev–Trinajstić information content (AvgIpc) is 3.05. The SMILES string of the molecule is CC1(C)S[C@@H]2[C@H](NC(=O)C(C(=O)O)c3ccccc3)C(=O)N2[C@H]1C(=O)O.O=C(O)CC(O)(CC(=O)O)C(=O)O. The molecule has 2 heterocycles. The summed E-state index contributed by atoms with van der Waals surface area (Å²) in [6, 6.07) is 6.10. The first-order valence-corrected chi connectivity index (χ1v) is 12.0. The summed E-state index contributed by atoms with van der Waals surface area (Å²) in [4.78, 5) is 79.7. The first-order valence-electron chi connectivity index (χ1n) is 11.1. The second kappa shape index (κ2) is 11.7. The molecule has 2 aliphatic heterocycles. The second-order valence-corrected chi connectivity index (χ2v) is 11.0. The molecule has 2 saturated heterocycles. The minimum absolute atomic E-state index is 0.309. The summed E-state index contributed by atoms with van der Waals surface area (Å²) >= 11 is 1.29. The molecule has 0 aromatic heterocycles. The minimum atomic E-state index is -2.74. The highest BCUT2D eigenvalue weighted by Crippen LogP contribution is 2.50. The Balaban J connectivity index is 0.000000349. The van der Waals surface area contributed by atoms with E-state index in [0.29, 0.717) is 5.56 Å². The fourth-order valence-electron chi connectivity index (χ4n) is 4.15. The largest absolute Gasteiger partial charge is 0.481 e. The average molecular weight is 571 g/mol. The van der Waals surface area contributed by atoms with Gasteiger partial charge in [0.15, 0.2) is 11.5 Å². The van der Waals surface area contributed by atoms with E-state index < -0.39 is 88.2 Å². The molecule has 1 aromatic rings. The summed E-state index contributed by atoms with van der Waals surface area (Å²) in [5, 5.41) is 54.6. The van der Waals surface area contributed by atoms with Gasteiger partial charge >= 0.3 is 29.8 Å². The highest BCUT2D eigenvalue weighted by molar-refractivity contribution is 8.01. The van der Waals surface area contributed by atoms with Crippen molar-refractivity contribution in [3.63, 3.8) is 0 Å². The molecule has 0 bridgehead atoms. The summed E-state index contributed by atoms with van der Waals surface area (Å²) < 4.78 is -0.711. The van der Waals surface area contributed by atoms with Crippen LogP contribution in [0, 0.1) is 0 Å². The van der Waals surface area contributed by atoms with Crippen LogP contribution in [0.4, 0.5) is 0 Å². The molecule has 3 rings (SSSR count). The van der Waals surface area contributed by atoms with E-state index >= 15 is 0 Å². The van der Waals surface area contributed by atoms with Gasteiger partial charge in [-0.15, -0.1) is 11.8 Å². The van der Waals surface area contributed by atoms with Crippen LogP contribution in [0.25, 0.3) is 0 Å². The topological polar surface area (TPSA) is 256 Å². The number of hydrogen-bond donors (Lipinski definition) is 7. The molecule has 2 amide bonds. The number of thioether (sulfide) groups is 1. The zero-order valence-electron chi connectivity index (χ0n) is 20.5. The van der Waals surface area contributed by atoms with Gasteiger partial charge in [-0.3, -0.25) is 24.0 Å². The van der Waals surface area contributed by atoms with Crippen molar-refractivity contribution in [3.8, 4) is 0 Å². The number of fused-ring (bicyclic) bond motifs is 1. The van der Waals surface area contributed by atoms with Crippen LogP contribution in [0.3, 0.4) is 0 Å². The molecule has 39 heavy (non-hydrogen) atoms. The Hall–Kier alpha value is -4.18. The fourth-order valence-corrected chi connectivity index (χ4v) is 5.77. The Morgan fingerprint density at radius 2 is 1.49 bits per heavy atom. The molecule has 1 aromatic carbocycles. The fraction of sp³-hybridized carbons (Fsp3) is 0.435. The third kappa shape index (κ3) is 6.83. The van der Waals surface area contributed by atoms with Gasteiger partial charge in [0.05, 0.1) is 12.8 Å². The summed E-state index contributed by atoms with van der Waals surface area (Å²) in [7, 11) is 0. The Morgan fingerprint density at radius 1 is 0.974 bits per heavy atom. The molecular formula is C23H26N2O13S. The van der Waals surface area contributed by atoms with Crippen LogP contribution in [0.2, 0.25) is 0 Å². The summed E-state index contributed by atoms with van der Waals surface area (Å²) in [6.07, 6.45) is -2.29. The smallest absolute Gasteiger partial charge is 0.336 e. The normalized spacial score (nSPS) is 21.8. The van der Waals surface area contributed by atoms with Gasteiger partial charge in [-0.1, -0.05) is 30.3 Å². The molecule has 7 N–H and O–H groups in total. The Kier molecular flexibility index (Phi) is 9.31. The Morgan fingerprint density at radius 3 is 1.90 bits per heavy atom. The van der Waals surface area contributed by atoms with Gasteiger partial charge in [0.2, 0.25) is 11.8 Å². The predicted octanol–water partition coefficient (Wildman–Crippen LogP) is -0.762. The standard InChI is InChI=1S/C17H18N2O6S.C6H8O7/c1-17(2)11(16(24)25)19-13(21)10(14(19)26-17)18-12(20)9(15(22)23)8-6-4-3-5-7-8;7-3(8)1-6(13,5(11)12)2-4(9)10/h3-7,9-11,14H,1-2H3,(H,18,20)(H,22,23)(H,24,25);13H,1-2H2,(H,7,8)(H,9,10)(H,11,12)/t9?,10-,11+,14-;/m1./s1. The molecule has 1 unspecified atom stereocenters. The predicted molar refractivity (Wildman–Crippen MR) is 130 cm³/mol. The quantitative estimate of drug-likeness (QED) is 0.135. The zero-order chi connectivity index (χ0) is 29.9. The molecule has 2 aliphatic rings. The summed E-state index contributed by atoms with van der Waals surface area (Å²) in [5.74, 6) is -10.2.